The van der Waals surface area contributed by atoms with Gasteiger partial charge in [0, 0.05) is 6.42 Å². The highest BCUT2D eigenvalue weighted by molar-refractivity contribution is 6.00. The molecule has 6 heteroatoms. The number of carbonyl (C=O) groups excluding carboxylic acids is 1. The van der Waals surface area contributed by atoms with Crippen LogP contribution in [0.4, 0.5) is 11.4 Å². The molecule has 0 saturated heterocycles. The van der Waals surface area contributed by atoms with Crippen molar-refractivity contribution in [2.75, 3.05) is 11.1 Å². The SMILES string of the molecule is CCc1cnc(CNc2cccc(C(N)=O)c2N)o1. The number of benzene rings is 1. The maximum Gasteiger partial charge on any atom is 0.250 e. The van der Waals surface area contributed by atoms with Gasteiger partial charge < -0.3 is 21.2 Å². The Bertz CT molecular complexity index is 592. The number of anilines is 2. The van der Waals surface area contributed by atoms with E-state index >= 15 is 0 Å². The number of rotatable bonds is 5. The summed E-state index contributed by atoms with van der Waals surface area (Å²) in [7, 11) is 0. The van der Waals surface area contributed by atoms with Gasteiger partial charge in [0.1, 0.15) is 5.76 Å². The number of nitrogens with zero attached hydrogens (tertiary/aromatic N) is 1. The van der Waals surface area contributed by atoms with Gasteiger partial charge in [0.25, 0.3) is 5.91 Å². The summed E-state index contributed by atoms with van der Waals surface area (Å²) in [6.07, 6.45) is 2.49. The van der Waals surface area contributed by atoms with Crippen molar-refractivity contribution in [2.45, 2.75) is 19.9 Å². The number of nitrogens with two attached hydrogens (primary N) is 2. The lowest BCUT2D eigenvalue weighted by Gasteiger charge is -2.09. The normalized spacial score (nSPS) is 10.4. The Hall–Kier alpha value is -2.50. The molecule has 2 aromatic rings. The number of aromatic nitrogens is 1. The number of amides is 1. The first-order chi connectivity index (χ1) is 9.11. The molecule has 0 aliphatic heterocycles. The number of para-hydroxylation sites is 1. The molecular weight excluding hydrogens is 244 g/mol. The molecule has 1 amide bonds. The lowest BCUT2D eigenvalue weighted by Crippen LogP contribution is -2.14. The van der Waals surface area contributed by atoms with Crippen LogP contribution in [-0.2, 0) is 13.0 Å². The van der Waals surface area contributed by atoms with Crippen molar-refractivity contribution < 1.29 is 9.21 Å². The van der Waals surface area contributed by atoms with Crippen LogP contribution in [0.2, 0.25) is 0 Å². The van der Waals surface area contributed by atoms with E-state index in [-0.39, 0.29) is 0 Å². The maximum atomic E-state index is 11.2. The Labute approximate surface area is 110 Å². The summed E-state index contributed by atoms with van der Waals surface area (Å²) in [5.74, 6) is 0.849. The number of nitrogen functional groups attached to an aromatic ring is 1. The highest BCUT2D eigenvalue weighted by Gasteiger charge is 2.10. The van der Waals surface area contributed by atoms with Gasteiger partial charge in [-0.05, 0) is 12.1 Å². The minimum Gasteiger partial charge on any atom is -0.444 e. The molecule has 0 aliphatic rings. The molecule has 1 aromatic carbocycles. The molecule has 5 N–H and O–H groups in total. The average molecular weight is 260 g/mol. The lowest BCUT2D eigenvalue weighted by atomic mass is 10.1. The second-order valence-electron chi connectivity index (χ2n) is 4.06. The predicted octanol–water partition coefficient (Wildman–Crippen LogP) is 1.53. The van der Waals surface area contributed by atoms with E-state index in [1.54, 1.807) is 24.4 Å². The standard InChI is InChI=1S/C13H16N4O2/c1-2-8-6-17-11(19-8)7-16-10-5-3-4-9(12(10)14)13(15)18/h3-6,16H,2,7,14H2,1H3,(H2,15,18). The zero-order valence-electron chi connectivity index (χ0n) is 10.6. The van der Waals surface area contributed by atoms with Crippen LogP contribution in [0.3, 0.4) is 0 Å². The third-order valence-corrected chi connectivity index (χ3v) is 2.75. The van der Waals surface area contributed by atoms with E-state index in [4.69, 9.17) is 15.9 Å². The van der Waals surface area contributed by atoms with Crippen molar-refractivity contribution in [1.82, 2.24) is 4.98 Å². The van der Waals surface area contributed by atoms with Crippen LogP contribution in [-0.4, -0.2) is 10.9 Å². The van der Waals surface area contributed by atoms with Gasteiger partial charge in [-0.1, -0.05) is 13.0 Å². The summed E-state index contributed by atoms with van der Waals surface area (Å²) in [5.41, 5.74) is 12.4. The smallest absolute Gasteiger partial charge is 0.250 e. The molecule has 0 bridgehead atoms. The fraction of sp³-hybridized carbons (Fsp3) is 0.231. The third kappa shape index (κ3) is 2.85. The number of oxazole rings is 1. The molecule has 0 atom stereocenters. The largest absolute Gasteiger partial charge is 0.444 e. The van der Waals surface area contributed by atoms with Crippen LogP contribution in [0, 0.1) is 0 Å². The van der Waals surface area contributed by atoms with E-state index in [0.29, 0.717) is 29.4 Å². The van der Waals surface area contributed by atoms with Crippen LogP contribution in [0.15, 0.2) is 28.8 Å². The van der Waals surface area contributed by atoms with E-state index in [1.165, 1.54) is 0 Å². The van der Waals surface area contributed by atoms with Crippen molar-refractivity contribution in [2.24, 2.45) is 5.73 Å². The summed E-state index contributed by atoms with van der Waals surface area (Å²) in [6.45, 7) is 2.39. The van der Waals surface area contributed by atoms with E-state index in [2.05, 4.69) is 10.3 Å². The van der Waals surface area contributed by atoms with Crippen LogP contribution in [0.1, 0.15) is 28.9 Å². The molecule has 0 spiro atoms. The zero-order valence-corrected chi connectivity index (χ0v) is 10.6. The molecule has 100 valence electrons. The first kappa shape index (κ1) is 12.9. The molecule has 0 aliphatic carbocycles. The minimum absolute atomic E-state index is 0.298. The van der Waals surface area contributed by atoms with E-state index in [9.17, 15) is 4.79 Å². The Morgan fingerprint density at radius 1 is 1.47 bits per heavy atom. The quantitative estimate of drug-likeness (QED) is 0.707. The minimum atomic E-state index is -0.550. The number of nitrogens with one attached hydrogen (secondary N) is 1. The molecule has 0 saturated carbocycles. The second-order valence-corrected chi connectivity index (χ2v) is 4.06. The first-order valence-electron chi connectivity index (χ1n) is 5.97. The van der Waals surface area contributed by atoms with Gasteiger partial charge >= 0.3 is 0 Å². The Kier molecular flexibility index (Phi) is 3.70. The Morgan fingerprint density at radius 2 is 2.26 bits per heavy atom. The van der Waals surface area contributed by atoms with Crippen molar-refractivity contribution in [3.63, 3.8) is 0 Å². The van der Waals surface area contributed by atoms with Gasteiger partial charge in [-0.15, -0.1) is 0 Å². The molecule has 19 heavy (non-hydrogen) atoms. The van der Waals surface area contributed by atoms with E-state index in [0.717, 1.165) is 12.2 Å². The van der Waals surface area contributed by atoms with Gasteiger partial charge in [0.15, 0.2) is 0 Å². The summed E-state index contributed by atoms with van der Waals surface area (Å²) >= 11 is 0. The highest BCUT2D eigenvalue weighted by Crippen LogP contribution is 2.22. The number of aryl methyl sites for hydroxylation is 1. The Balaban J connectivity index is 2.11. The lowest BCUT2D eigenvalue weighted by molar-refractivity contribution is 0.100. The van der Waals surface area contributed by atoms with Gasteiger partial charge in [-0.3, -0.25) is 4.79 Å². The molecule has 2 rings (SSSR count). The maximum absolute atomic E-state index is 11.2. The fourth-order valence-corrected chi connectivity index (χ4v) is 1.70. The third-order valence-electron chi connectivity index (χ3n) is 2.75. The predicted molar refractivity (Wildman–Crippen MR) is 72.6 cm³/mol. The summed E-state index contributed by atoms with van der Waals surface area (Å²) in [5, 5.41) is 3.07. The molecule has 0 radical (unpaired) electrons. The van der Waals surface area contributed by atoms with E-state index < -0.39 is 5.91 Å². The number of primary amides is 1. The summed E-state index contributed by atoms with van der Waals surface area (Å²) in [6, 6.07) is 5.07. The second kappa shape index (κ2) is 5.43. The van der Waals surface area contributed by atoms with Crippen LogP contribution in [0.25, 0.3) is 0 Å². The van der Waals surface area contributed by atoms with Crippen molar-refractivity contribution >= 4 is 17.3 Å². The topological polar surface area (TPSA) is 107 Å². The molecule has 6 nitrogen and oxygen atoms in total. The zero-order chi connectivity index (χ0) is 13.8. The number of hydrogen-bond donors (Lipinski definition) is 3. The summed E-state index contributed by atoms with van der Waals surface area (Å²) in [4.78, 5) is 15.3. The van der Waals surface area contributed by atoms with Crippen molar-refractivity contribution in [3.05, 3.63) is 41.6 Å². The molecule has 0 unspecified atom stereocenters. The van der Waals surface area contributed by atoms with Gasteiger partial charge in [-0.25, -0.2) is 4.98 Å². The number of carbonyl (C=O) groups is 1. The average Bonchev–Trinajstić information content (AvgIpc) is 2.85. The molecule has 0 fully saturated rings. The van der Waals surface area contributed by atoms with Gasteiger partial charge in [0.05, 0.1) is 29.7 Å². The molecular formula is C13H16N4O2. The van der Waals surface area contributed by atoms with Crippen molar-refractivity contribution in [3.8, 4) is 0 Å². The van der Waals surface area contributed by atoms with Gasteiger partial charge in [-0.2, -0.15) is 0 Å². The van der Waals surface area contributed by atoms with Crippen LogP contribution in [0.5, 0.6) is 0 Å². The highest BCUT2D eigenvalue weighted by atomic mass is 16.4. The van der Waals surface area contributed by atoms with Gasteiger partial charge in [0.2, 0.25) is 5.89 Å². The van der Waals surface area contributed by atoms with E-state index in [1.807, 2.05) is 6.92 Å². The Morgan fingerprint density at radius 3 is 2.89 bits per heavy atom. The number of hydrogen-bond acceptors (Lipinski definition) is 5. The fourth-order valence-electron chi connectivity index (χ4n) is 1.70. The molecule has 1 heterocycles. The van der Waals surface area contributed by atoms with Crippen LogP contribution < -0.4 is 16.8 Å². The van der Waals surface area contributed by atoms with Crippen molar-refractivity contribution in [1.29, 1.82) is 0 Å². The summed E-state index contributed by atoms with van der Waals surface area (Å²) < 4.78 is 5.47. The monoisotopic (exact) mass is 260 g/mol. The molecule has 1 aromatic heterocycles. The van der Waals surface area contributed by atoms with Crippen LogP contribution >= 0.6 is 0 Å². The first-order valence-corrected chi connectivity index (χ1v) is 5.97.